The summed E-state index contributed by atoms with van der Waals surface area (Å²) < 4.78 is 58.2. The summed E-state index contributed by atoms with van der Waals surface area (Å²) in [6, 6.07) is 31.6. The number of benzene rings is 4. The Morgan fingerprint density at radius 2 is 1.21 bits per heavy atom. The fourth-order valence-electron chi connectivity index (χ4n) is 6.67. The number of likely N-dealkylation sites (N-methyl/N-ethyl adjacent to an activating group) is 2. The van der Waals surface area contributed by atoms with E-state index in [2.05, 4.69) is 30.4 Å². The van der Waals surface area contributed by atoms with Gasteiger partial charge in [-0.2, -0.15) is 15.3 Å². The maximum absolute atomic E-state index is 14.3. The number of fused-ring (bicyclic) bond motifs is 2. The van der Waals surface area contributed by atoms with Gasteiger partial charge in [-0.1, -0.05) is 84.9 Å². The third kappa shape index (κ3) is 13.0. The number of carboxylic acids is 1. The van der Waals surface area contributed by atoms with Crippen molar-refractivity contribution in [3.8, 4) is 11.5 Å². The number of carbonyl (C=O) groups is 5. The quantitative estimate of drug-likeness (QED) is 0.138. The molecule has 2 aliphatic rings. The fraction of sp³-hybridized carbons (Fsp3) is 0.208. The van der Waals surface area contributed by atoms with Crippen LogP contribution in [0.5, 0.6) is 11.5 Å². The van der Waals surface area contributed by atoms with Gasteiger partial charge in [0, 0.05) is 14.1 Å². The summed E-state index contributed by atoms with van der Waals surface area (Å²) in [6.07, 6.45) is 3.16. The number of hydrogen-bond donors (Lipinski definition) is 4. The number of carboxylic acid groups (broad SMARTS) is 1. The smallest absolute Gasteiger partial charge is 0.359 e. The first kappa shape index (κ1) is 50.6. The maximum Gasteiger partial charge on any atom is 0.359 e. The van der Waals surface area contributed by atoms with E-state index < -0.39 is 53.1 Å². The molecule has 0 unspecified atom stereocenters. The molecule has 0 fully saturated rings. The summed E-state index contributed by atoms with van der Waals surface area (Å²) in [4.78, 5) is 61.2. The average Bonchev–Trinajstić information content (AvgIpc) is 4.05. The number of nitrogens with zero attached hydrogens (tertiary/aromatic N) is 7. The molecular formula is C48H47F3N10O9. The second kappa shape index (κ2) is 23.8. The SMILES string of the molecule is CCOC(=O)c1[nH]ncc1F.CN1C(=O)[C@@H](N)COc2ccccc21.CN1C(=O)[C@@H](NC(=O)c2nn(Cc3ccccc3)cc2F)COc2ccccc21.O=C(O)c1nn(Cc2ccccc2)cc1F. The molecule has 70 heavy (non-hydrogen) atoms. The van der Waals surface area contributed by atoms with Crippen LogP contribution < -0.4 is 30.3 Å². The molecule has 5 N–H and O–H groups in total. The number of esters is 1. The van der Waals surface area contributed by atoms with Gasteiger partial charge < -0.3 is 40.2 Å². The number of nitrogens with two attached hydrogens (primary N) is 1. The lowest BCUT2D eigenvalue weighted by atomic mass is 10.2. The highest BCUT2D eigenvalue weighted by molar-refractivity contribution is 6.03. The molecule has 364 valence electrons. The Morgan fingerprint density at radius 1 is 0.729 bits per heavy atom. The van der Waals surface area contributed by atoms with Crippen LogP contribution in [0.3, 0.4) is 0 Å². The number of amides is 3. The largest absolute Gasteiger partial charge is 0.489 e. The molecule has 2 aliphatic heterocycles. The number of carbonyl (C=O) groups excluding carboxylic acids is 4. The summed E-state index contributed by atoms with van der Waals surface area (Å²) in [7, 11) is 3.31. The molecule has 3 aromatic heterocycles. The summed E-state index contributed by atoms with van der Waals surface area (Å²) in [5.74, 6) is -4.33. The molecule has 0 saturated heterocycles. The second-order valence-corrected chi connectivity index (χ2v) is 15.1. The van der Waals surface area contributed by atoms with E-state index in [-0.39, 0.29) is 43.0 Å². The first-order valence-corrected chi connectivity index (χ1v) is 21.3. The molecule has 19 nitrogen and oxygen atoms in total. The Labute approximate surface area is 398 Å². The van der Waals surface area contributed by atoms with Crippen LogP contribution in [-0.2, 0) is 27.4 Å². The highest BCUT2D eigenvalue weighted by Crippen LogP contribution is 2.31. The Balaban J connectivity index is 0.000000166. The zero-order valence-corrected chi connectivity index (χ0v) is 37.9. The maximum atomic E-state index is 14.3. The predicted octanol–water partition coefficient (Wildman–Crippen LogP) is 5.09. The van der Waals surface area contributed by atoms with Gasteiger partial charge in [0.25, 0.3) is 11.8 Å². The van der Waals surface area contributed by atoms with Gasteiger partial charge in [0.1, 0.15) is 36.8 Å². The van der Waals surface area contributed by atoms with Crippen molar-refractivity contribution in [1.82, 2.24) is 35.1 Å². The molecule has 7 aromatic rings. The first-order chi connectivity index (χ1) is 33.6. The average molecular weight is 965 g/mol. The topological polar surface area (TPSA) is 242 Å². The van der Waals surface area contributed by atoms with E-state index in [0.29, 0.717) is 30.3 Å². The summed E-state index contributed by atoms with van der Waals surface area (Å²) >= 11 is 0. The number of rotatable bonds is 9. The lowest BCUT2D eigenvalue weighted by Gasteiger charge is -2.20. The van der Waals surface area contributed by atoms with Crippen LogP contribution in [0.2, 0.25) is 0 Å². The van der Waals surface area contributed by atoms with Crippen molar-refractivity contribution in [2.45, 2.75) is 32.1 Å². The highest BCUT2D eigenvalue weighted by atomic mass is 19.1. The molecule has 5 heterocycles. The molecule has 0 spiro atoms. The normalized spacial score (nSPS) is 14.7. The minimum absolute atomic E-state index is 0.0573. The van der Waals surface area contributed by atoms with Crippen molar-refractivity contribution in [3.05, 3.63) is 173 Å². The zero-order valence-electron chi connectivity index (χ0n) is 37.9. The molecule has 3 amide bonds. The standard InChI is InChI=1S/C21H19FN4O3.C11H9FN2O2.C10H12N2O2.C6H7FN2O2/c1-25-17-9-5-6-10-18(17)29-13-16(21(25)28)23-20(27)19-15(22)12-26(24-19)11-14-7-3-2-4-8-14;12-9-7-14(13-10(9)11(15)16)6-8-4-2-1-3-5-8;1-12-8-4-2-3-5-9(8)14-6-7(11)10(12)13;1-2-11-6(10)5-4(7)3-8-9-5/h2-10,12,16H,11,13H2,1H3,(H,23,27);1-5,7H,6H2,(H,15,16);2-5,7H,6,11H2,1H3;3H,2H2,1H3,(H,8,9)/t16-;;7-;/m0.0./s1. The van der Waals surface area contributed by atoms with E-state index in [4.69, 9.17) is 20.3 Å². The highest BCUT2D eigenvalue weighted by Gasteiger charge is 2.32. The molecule has 0 radical (unpaired) electrons. The number of hydrogen-bond acceptors (Lipinski definition) is 12. The number of nitrogens with one attached hydrogen (secondary N) is 2. The summed E-state index contributed by atoms with van der Waals surface area (Å²) in [6.45, 7) is 2.72. The number of aromatic amines is 1. The first-order valence-electron chi connectivity index (χ1n) is 21.3. The van der Waals surface area contributed by atoms with Crippen molar-refractivity contribution < 1.29 is 56.5 Å². The molecule has 9 rings (SSSR count). The monoisotopic (exact) mass is 964 g/mol. The third-order valence-electron chi connectivity index (χ3n) is 10.2. The van der Waals surface area contributed by atoms with Crippen LogP contribution in [0, 0.1) is 17.5 Å². The molecular weight excluding hydrogens is 918 g/mol. The van der Waals surface area contributed by atoms with E-state index in [1.807, 2.05) is 84.9 Å². The minimum atomic E-state index is -1.36. The van der Waals surface area contributed by atoms with Crippen LogP contribution in [-0.4, -0.2) is 111 Å². The Hall–Kier alpha value is -8.79. The Kier molecular flexibility index (Phi) is 17.2. The zero-order chi connectivity index (χ0) is 50.3. The van der Waals surface area contributed by atoms with E-state index in [1.165, 1.54) is 19.2 Å². The van der Waals surface area contributed by atoms with Gasteiger partial charge >= 0.3 is 11.9 Å². The molecule has 22 heteroatoms. The number of anilines is 2. The summed E-state index contributed by atoms with van der Waals surface area (Å²) in [5.41, 5.74) is 7.72. The number of aromatic carboxylic acids is 1. The van der Waals surface area contributed by atoms with E-state index in [1.54, 1.807) is 45.3 Å². The van der Waals surface area contributed by atoms with Crippen LogP contribution in [0.1, 0.15) is 49.5 Å². The van der Waals surface area contributed by atoms with Gasteiger partial charge in [0.15, 0.2) is 28.8 Å². The lowest BCUT2D eigenvalue weighted by Crippen LogP contribution is -2.49. The number of H-pyrrole nitrogens is 1. The third-order valence-corrected chi connectivity index (χ3v) is 10.2. The Morgan fingerprint density at radius 3 is 1.71 bits per heavy atom. The van der Waals surface area contributed by atoms with Crippen LogP contribution in [0.25, 0.3) is 0 Å². The van der Waals surface area contributed by atoms with Gasteiger partial charge in [-0.05, 0) is 42.3 Å². The number of ether oxygens (including phenoxy) is 3. The van der Waals surface area contributed by atoms with Gasteiger partial charge in [0.05, 0.1) is 49.7 Å². The number of halogens is 3. The lowest BCUT2D eigenvalue weighted by molar-refractivity contribution is -0.120. The van der Waals surface area contributed by atoms with Gasteiger partial charge in [-0.15, -0.1) is 0 Å². The van der Waals surface area contributed by atoms with E-state index in [0.717, 1.165) is 35.4 Å². The van der Waals surface area contributed by atoms with Crippen molar-refractivity contribution in [3.63, 3.8) is 0 Å². The van der Waals surface area contributed by atoms with Gasteiger partial charge in [-0.3, -0.25) is 28.8 Å². The number of para-hydroxylation sites is 4. The number of aromatic nitrogens is 6. The Bertz CT molecular complexity index is 2910. The molecule has 0 aliphatic carbocycles. The van der Waals surface area contributed by atoms with Crippen LogP contribution in [0.15, 0.2) is 128 Å². The van der Waals surface area contributed by atoms with Crippen molar-refractivity contribution in [2.75, 3.05) is 43.7 Å². The van der Waals surface area contributed by atoms with Crippen LogP contribution >= 0.6 is 0 Å². The van der Waals surface area contributed by atoms with E-state index in [9.17, 15) is 37.1 Å². The molecule has 4 aromatic carbocycles. The minimum Gasteiger partial charge on any atom is -0.489 e. The fourth-order valence-corrected chi connectivity index (χ4v) is 6.67. The predicted molar refractivity (Wildman–Crippen MR) is 247 cm³/mol. The summed E-state index contributed by atoms with van der Waals surface area (Å²) in [5, 5.41) is 24.4. The van der Waals surface area contributed by atoms with E-state index >= 15 is 0 Å². The van der Waals surface area contributed by atoms with Gasteiger partial charge in [0.2, 0.25) is 11.6 Å². The second-order valence-electron chi connectivity index (χ2n) is 15.1. The van der Waals surface area contributed by atoms with Crippen molar-refractivity contribution >= 4 is 41.0 Å². The van der Waals surface area contributed by atoms with Crippen LogP contribution in [0.4, 0.5) is 24.5 Å². The molecule has 0 bridgehead atoms. The van der Waals surface area contributed by atoms with Crippen molar-refractivity contribution in [1.29, 1.82) is 0 Å². The van der Waals surface area contributed by atoms with Crippen molar-refractivity contribution in [2.24, 2.45) is 5.73 Å². The molecule has 0 saturated carbocycles. The molecule has 2 atom stereocenters. The van der Waals surface area contributed by atoms with Gasteiger partial charge in [-0.25, -0.2) is 22.8 Å².